The van der Waals surface area contributed by atoms with Crippen molar-refractivity contribution in [1.82, 2.24) is 5.32 Å². The molecule has 0 saturated heterocycles. The molecule has 0 heterocycles. The standard InChI is InChI=1S/C18H29NO2/c1-3-5-7-8-12-17(18(21)19-13-6-4-2)15-10-9-11-16(20)14-15/h9-11,14,17,20H,3-8,12-13H2,1-2H3,(H,19,21). The van der Waals surface area contributed by atoms with Crippen LogP contribution in [0.2, 0.25) is 0 Å². The molecule has 0 aliphatic rings. The van der Waals surface area contributed by atoms with E-state index in [0.717, 1.165) is 44.2 Å². The van der Waals surface area contributed by atoms with Crippen LogP contribution in [0.1, 0.15) is 70.3 Å². The van der Waals surface area contributed by atoms with Crippen LogP contribution < -0.4 is 5.32 Å². The second kappa shape index (κ2) is 10.3. The Morgan fingerprint density at radius 3 is 2.57 bits per heavy atom. The van der Waals surface area contributed by atoms with E-state index in [1.807, 2.05) is 12.1 Å². The topological polar surface area (TPSA) is 49.3 Å². The Morgan fingerprint density at radius 1 is 1.14 bits per heavy atom. The van der Waals surface area contributed by atoms with Crippen LogP contribution in [0.15, 0.2) is 24.3 Å². The van der Waals surface area contributed by atoms with E-state index in [1.165, 1.54) is 12.8 Å². The Balaban J connectivity index is 2.67. The Labute approximate surface area is 128 Å². The van der Waals surface area contributed by atoms with E-state index in [0.29, 0.717) is 0 Å². The molecule has 1 rings (SSSR count). The van der Waals surface area contributed by atoms with Gasteiger partial charge in [0.2, 0.25) is 5.91 Å². The van der Waals surface area contributed by atoms with Crippen molar-refractivity contribution < 1.29 is 9.90 Å². The Kier molecular flexibility index (Phi) is 8.56. The third-order valence-electron chi connectivity index (χ3n) is 3.76. The molecular formula is C18H29NO2. The van der Waals surface area contributed by atoms with E-state index < -0.39 is 0 Å². The average molecular weight is 291 g/mol. The van der Waals surface area contributed by atoms with Crippen LogP contribution in [-0.2, 0) is 4.79 Å². The van der Waals surface area contributed by atoms with Gasteiger partial charge in [0.05, 0.1) is 5.92 Å². The van der Waals surface area contributed by atoms with Crippen molar-refractivity contribution in [3.05, 3.63) is 29.8 Å². The number of phenols is 1. The summed E-state index contributed by atoms with van der Waals surface area (Å²) in [6.45, 7) is 5.04. The highest BCUT2D eigenvalue weighted by Crippen LogP contribution is 2.25. The molecule has 0 bridgehead atoms. The van der Waals surface area contributed by atoms with E-state index in [9.17, 15) is 9.90 Å². The van der Waals surface area contributed by atoms with Crippen LogP contribution in [0.3, 0.4) is 0 Å². The summed E-state index contributed by atoms with van der Waals surface area (Å²) < 4.78 is 0. The minimum atomic E-state index is -0.147. The lowest BCUT2D eigenvalue weighted by Crippen LogP contribution is -2.30. The molecule has 0 aromatic heterocycles. The van der Waals surface area contributed by atoms with E-state index in [1.54, 1.807) is 12.1 Å². The van der Waals surface area contributed by atoms with Gasteiger partial charge in [0, 0.05) is 6.54 Å². The summed E-state index contributed by atoms with van der Waals surface area (Å²) in [5, 5.41) is 12.7. The molecule has 2 N–H and O–H groups in total. The van der Waals surface area contributed by atoms with Gasteiger partial charge in [-0.05, 0) is 30.5 Å². The Morgan fingerprint density at radius 2 is 1.90 bits per heavy atom. The second-order valence-electron chi connectivity index (χ2n) is 5.64. The minimum absolute atomic E-state index is 0.0885. The lowest BCUT2D eigenvalue weighted by Gasteiger charge is -2.17. The number of nitrogens with one attached hydrogen (secondary N) is 1. The van der Waals surface area contributed by atoms with Crippen molar-refractivity contribution >= 4 is 5.91 Å². The molecule has 1 amide bonds. The lowest BCUT2D eigenvalue weighted by atomic mass is 9.92. The predicted octanol–water partition coefficient (Wildman–Crippen LogP) is 4.36. The fraction of sp³-hybridized carbons (Fsp3) is 0.611. The number of hydrogen-bond acceptors (Lipinski definition) is 2. The van der Waals surface area contributed by atoms with Crippen molar-refractivity contribution in [3.8, 4) is 5.75 Å². The van der Waals surface area contributed by atoms with Crippen molar-refractivity contribution in [2.24, 2.45) is 0 Å². The summed E-state index contributed by atoms with van der Waals surface area (Å²) in [6.07, 6.45) is 7.55. The lowest BCUT2D eigenvalue weighted by molar-refractivity contribution is -0.122. The van der Waals surface area contributed by atoms with E-state index >= 15 is 0 Å². The van der Waals surface area contributed by atoms with E-state index in [4.69, 9.17) is 0 Å². The molecule has 0 fully saturated rings. The van der Waals surface area contributed by atoms with Gasteiger partial charge >= 0.3 is 0 Å². The summed E-state index contributed by atoms with van der Waals surface area (Å²) >= 11 is 0. The number of rotatable bonds is 10. The van der Waals surface area contributed by atoms with Crippen molar-refractivity contribution in [1.29, 1.82) is 0 Å². The van der Waals surface area contributed by atoms with Crippen molar-refractivity contribution in [3.63, 3.8) is 0 Å². The highest BCUT2D eigenvalue weighted by atomic mass is 16.3. The SMILES string of the molecule is CCCCCCC(C(=O)NCCCC)c1cccc(O)c1. The zero-order valence-corrected chi connectivity index (χ0v) is 13.4. The first-order chi connectivity index (χ1) is 10.2. The van der Waals surface area contributed by atoms with Crippen LogP contribution in [-0.4, -0.2) is 17.6 Å². The summed E-state index contributed by atoms with van der Waals surface area (Å²) in [5.41, 5.74) is 0.917. The van der Waals surface area contributed by atoms with Gasteiger partial charge in [-0.15, -0.1) is 0 Å². The van der Waals surface area contributed by atoms with Gasteiger partial charge in [-0.3, -0.25) is 4.79 Å². The first-order valence-corrected chi connectivity index (χ1v) is 8.25. The minimum Gasteiger partial charge on any atom is -0.508 e. The summed E-state index contributed by atoms with van der Waals surface area (Å²) in [7, 11) is 0. The summed E-state index contributed by atoms with van der Waals surface area (Å²) in [6, 6.07) is 7.10. The number of amides is 1. The van der Waals surface area contributed by atoms with Crippen LogP contribution in [0.5, 0.6) is 5.75 Å². The quantitative estimate of drug-likeness (QED) is 0.629. The molecule has 3 heteroatoms. The number of carbonyl (C=O) groups is 1. The fourth-order valence-electron chi connectivity index (χ4n) is 2.48. The zero-order chi connectivity index (χ0) is 15.5. The predicted molar refractivity (Wildman–Crippen MR) is 87.5 cm³/mol. The number of phenolic OH excluding ortho intramolecular Hbond substituents is 1. The molecule has 0 radical (unpaired) electrons. The molecule has 0 aliphatic carbocycles. The van der Waals surface area contributed by atoms with Gasteiger partial charge in [-0.1, -0.05) is 58.1 Å². The maximum Gasteiger partial charge on any atom is 0.227 e. The zero-order valence-electron chi connectivity index (χ0n) is 13.4. The summed E-state index contributed by atoms with van der Waals surface area (Å²) in [4.78, 5) is 12.4. The highest BCUT2D eigenvalue weighted by molar-refractivity contribution is 5.83. The monoisotopic (exact) mass is 291 g/mol. The van der Waals surface area contributed by atoms with Crippen molar-refractivity contribution in [2.75, 3.05) is 6.54 Å². The molecule has 0 spiro atoms. The molecule has 1 atom stereocenters. The van der Waals surface area contributed by atoms with E-state index in [2.05, 4.69) is 19.2 Å². The number of aromatic hydroxyl groups is 1. The number of hydrogen-bond donors (Lipinski definition) is 2. The first kappa shape index (κ1) is 17.5. The normalized spacial score (nSPS) is 12.1. The van der Waals surface area contributed by atoms with Gasteiger partial charge in [-0.2, -0.15) is 0 Å². The average Bonchev–Trinajstić information content (AvgIpc) is 2.47. The third-order valence-corrected chi connectivity index (χ3v) is 3.76. The van der Waals surface area contributed by atoms with Crippen molar-refractivity contribution in [2.45, 2.75) is 64.7 Å². The molecule has 1 aromatic carbocycles. The molecule has 0 saturated carbocycles. The van der Waals surface area contributed by atoms with Gasteiger partial charge in [-0.25, -0.2) is 0 Å². The largest absolute Gasteiger partial charge is 0.508 e. The molecule has 3 nitrogen and oxygen atoms in total. The van der Waals surface area contributed by atoms with Gasteiger partial charge in [0.15, 0.2) is 0 Å². The van der Waals surface area contributed by atoms with Gasteiger partial charge < -0.3 is 10.4 Å². The first-order valence-electron chi connectivity index (χ1n) is 8.25. The third kappa shape index (κ3) is 6.65. The fourth-order valence-corrected chi connectivity index (χ4v) is 2.48. The van der Waals surface area contributed by atoms with E-state index in [-0.39, 0.29) is 17.6 Å². The number of carbonyl (C=O) groups excluding carboxylic acids is 1. The smallest absolute Gasteiger partial charge is 0.227 e. The molecule has 0 aliphatic heterocycles. The molecule has 21 heavy (non-hydrogen) atoms. The number of benzene rings is 1. The van der Waals surface area contributed by atoms with Crippen LogP contribution in [0.4, 0.5) is 0 Å². The molecule has 1 unspecified atom stereocenters. The molecule has 118 valence electrons. The Bertz CT molecular complexity index is 417. The molecular weight excluding hydrogens is 262 g/mol. The number of unbranched alkanes of at least 4 members (excludes halogenated alkanes) is 4. The van der Waals surface area contributed by atoms with Crippen LogP contribution in [0, 0.1) is 0 Å². The second-order valence-corrected chi connectivity index (χ2v) is 5.64. The maximum atomic E-state index is 12.4. The van der Waals surface area contributed by atoms with Gasteiger partial charge in [0.25, 0.3) is 0 Å². The van der Waals surface area contributed by atoms with Gasteiger partial charge in [0.1, 0.15) is 5.75 Å². The van der Waals surface area contributed by atoms with Crippen LogP contribution >= 0.6 is 0 Å². The Hall–Kier alpha value is -1.51. The van der Waals surface area contributed by atoms with Crippen LogP contribution in [0.25, 0.3) is 0 Å². The molecule has 1 aromatic rings. The highest BCUT2D eigenvalue weighted by Gasteiger charge is 2.20. The maximum absolute atomic E-state index is 12.4. The summed E-state index contributed by atoms with van der Waals surface area (Å²) in [5.74, 6) is 0.170.